The van der Waals surface area contributed by atoms with Gasteiger partial charge in [-0.3, -0.25) is 9.00 Å². The predicted octanol–water partition coefficient (Wildman–Crippen LogP) is 2.14. The van der Waals surface area contributed by atoms with E-state index >= 15 is 0 Å². The fraction of sp³-hybridized carbons (Fsp3) is 0.462. The number of rotatable bonds is 6. The smallest absolute Gasteiger partial charge is 0.239 e. The first-order valence-corrected chi connectivity index (χ1v) is 7.47. The highest BCUT2D eigenvalue weighted by Crippen LogP contribution is 2.17. The molecule has 1 aromatic rings. The molecular formula is C13H20N2O2S. The second-order valence-electron chi connectivity index (χ2n) is 4.16. The van der Waals surface area contributed by atoms with Gasteiger partial charge in [0.05, 0.1) is 11.4 Å². The molecule has 0 fully saturated rings. The topological polar surface area (TPSA) is 72.2 Å². The summed E-state index contributed by atoms with van der Waals surface area (Å²) in [5.41, 5.74) is 6.82. The molecule has 0 aliphatic heterocycles. The van der Waals surface area contributed by atoms with Crippen molar-refractivity contribution >= 4 is 28.1 Å². The van der Waals surface area contributed by atoms with Gasteiger partial charge >= 0.3 is 0 Å². The molecule has 3 N–H and O–H groups in total. The summed E-state index contributed by atoms with van der Waals surface area (Å²) in [6.07, 6.45) is 1.85. The lowest BCUT2D eigenvalue weighted by Crippen LogP contribution is -2.30. The van der Waals surface area contributed by atoms with Crippen LogP contribution in [0.4, 0.5) is 11.4 Å². The SMILES string of the molecule is CCCCS(=O)C(C)C(=O)Nc1ccccc1N. The number of carbonyl (C=O) groups is 1. The first-order valence-electron chi connectivity index (χ1n) is 6.08. The molecule has 1 aromatic carbocycles. The average Bonchev–Trinajstić information content (AvgIpc) is 2.37. The van der Waals surface area contributed by atoms with Crippen LogP contribution in [0.2, 0.25) is 0 Å². The average molecular weight is 268 g/mol. The molecule has 1 amide bonds. The highest BCUT2D eigenvalue weighted by atomic mass is 32.2. The Morgan fingerprint density at radius 1 is 1.44 bits per heavy atom. The van der Waals surface area contributed by atoms with E-state index in [1.807, 2.05) is 6.92 Å². The van der Waals surface area contributed by atoms with E-state index in [9.17, 15) is 9.00 Å². The standard InChI is InChI=1S/C13H20N2O2S/c1-3-4-9-18(17)10(2)13(16)15-12-8-6-5-7-11(12)14/h5-8,10H,3-4,9,14H2,1-2H3,(H,15,16). The molecule has 5 heteroatoms. The van der Waals surface area contributed by atoms with Gasteiger partial charge in [0.15, 0.2) is 0 Å². The molecule has 0 aliphatic carbocycles. The zero-order chi connectivity index (χ0) is 13.5. The van der Waals surface area contributed by atoms with Gasteiger partial charge < -0.3 is 11.1 Å². The number of carbonyl (C=O) groups excluding carboxylic acids is 1. The lowest BCUT2D eigenvalue weighted by molar-refractivity contribution is -0.115. The Kier molecular flexibility index (Phi) is 5.85. The molecule has 0 saturated carbocycles. The van der Waals surface area contributed by atoms with E-state index in [0.29, 0.717) is 17.1 Å². The van der Waals surface area contributed by atoms with Crippen LogP contribution in [-0.4, -0.2) is 21.1 Å². The normalized spacial score (nSPS) is 13.9. The largest absolute Gasteiger partial charge is 0.397 e. The van der Waals surface area contributed by atoms with Crippen molar-refractivity contribution in [1.29, 1.82) is 0 Å². The summed E-state index contributed by atoms with van der Waals surface area (Å²) in [4.78, 5) is 11.9. The molecule has 4 nitrogen and oxygen atoms in total. The molecule has 0 spiro atoms. The summed E-state index contributed by atoms with van der Waals surface area (Å²) in [5.74, 6) is 0.317. The molecule has 100 valence electrons. The second-order valence-corrected chi connectivity index (χ2v) is 6.03. The zero-order valence-electron chi connectivity index (χ0n) is 10.8. The summed E-state index contributed by atoms with van der Waals surface area (Å²) in [6, 6.07) is 7.04. The highest BCUT2D eigenvalue weighted by molar-refractivity contribution is 7.86. The third kappa shape index (κ3) is 4.14. The highest BCUT2D eigenvalue weighted by Gasteiger charge is 2.19. The summed E-state index contributed by atoms with van der Waals surface area (Å²) < 4.78 is 11.8. The Morgan fingerprint density at radius 3 is 2.72 bits per heavy atom. The maximum atomic E-state index is 11.9. The minimum absolute atomic E-state index is 0.248. The lowest BCUT2D eigenvalue weighted by Gasteiger charge is -2.13. The van der Waals surface area contributed by atoms with Gasteiger partial charge in [0.2, 0.25) is 5.91 Å². The van der Waals surface area contributed by atoms with Gasteiger partial charge in [-0.2, -0.15) is 0 Å². The first kappa shape index (κ1) is 14.7. The van der Waals surface area contributed by atoms with Crippen molar-refractivity contribution in [1.82, 2.24) is 0 Å². The van der Waals surface area contributed by atoms with Crippen LogP contribution in [0.1, 0.15) is 26.7 Å². The number of benzene rings is 1. The molecule has 1 rings (SSSR count). The number of hydrogen-bond acceptors (Lipinski definition) is 3. The van der Waals surface area contributed by atoms with Gasteiger partial charge in [-0.15, -0.1) is 0 Å². The number of nitrogen functional groups attached to an aromatic ring is 1. The Bertz CT molecular complexity index is 435. The van der Waals surface area contributed by atoms with Crippen LogP contribution in [0.15, 0.2) is 24.3 Å². The molecule has 0 radical (unpaired) electrons. The van der Waals surface area contributed by atoms with E-state index in [4.69, 9.17) is 5.73 Å². The summed E-state index contributed by atoms with van der Waals surface area (Å²) in [7, 11) is -1.13. The van der Waals surface area contributed by atoms with Gasteiger partial charge in [0, 0.05) is 16.6 Å². The summed E-state index contributed by atoms with van der Waals surface area (Å²) in [5, 5.41) is 2.19. The van der Waals surface area contributed by atoms with Crippen molar-refractivity contribution in [3.8, 4) is 0 Å². The maximum absolute atomic E-state index is 11.9. The van der Waals surface area contributed by atoms with Crippen LogP contribution in [0.25, 0.3) is 0 Å². The third-order valence-electron chi connectivity index (χ3n) is 2.68. The first-order chi connectivity index (χ1) is 8.56. The maximum Gasteiger partial charge on any atom is 0.239 e. The number of amides is 1. The minimum atomic E-state index is -1.13. The molecule has 0 heterocycles. The van der Waals surface area contributed by atoms with Gasteiger partial charge in [-0.25, -0.2) is 0 Å². The fourth-order valence-corrected chi connectivity index (χ4v) is 2.65. The van der Waals surface area contributed by atoms with E-state index in [2.05, 4.69) is 5.32 Å². The predicted molar refractivity (Wildman–Crippen MR) is 76.9 cm³/mol. The number of para-hydroxylation sites is 2. The summed E-state index contributed by atoms with van der Waals surface area (Å²) in [6.45, 7) is 3.72. The minimum Gasteiger partial charge on any atom is -0.397 e. The quantitative estimate of drug-likeness (QED) is 0.776. The Hall–Kier alpha value is -1.36. The number of hydrogen-bond donors (Lipinski definition) is 2. The van der Waals surface area contributed by atoms with Crippen molar-refractivity contribution in [2.24, 2.45) is 0 Å². The molecule has 0 bridgehead atoms. The van der Waals surface area contributed by atoms with Crippen molar-refractivity contribution in [3.05, 3.63) is 24.3 Å². The Morgan fingerprint density at radius 2 is 2.11 bits per heavy atom. The van der Waals surface area contributed by atoms with Gasteiger partial charge in [-0.05, 0) is 25.5 Å². The number of anilines is 2. The molecule has 0 aromatic heterocycles. The van der Waals surface area contributed by atoms with Crippen molar-refractivity contribution in [3.63, 3.8) is 0 Å². The van der Waals surface area contributed by atoms with Crippen LogP contribution >= 0.6 is 0 Å². The zero-order valence-corrected chi connectivity index (χ0v) is 11.6. The fourth-order valence-electron chi connectivity index (χ4n) is 1.43. The molecule has 2 unspecified atom stereocenters. The van der Waals surface area contributed by atoms with Crippen LogP contribution in [0.3, 0.4) is 0 Å². The monoisotopic (exact) mass is 268 g/mol. The molecule has 2 atom stereocenters. The van der Waals surface area contributed by atoms with Crippen molar-refractivity contribution < 1.29 is 9.00 Å². The van der Waals surface area contributed by atoms with Crippen LogP contribution < -0.4 is 11.1 Å². The van der Waals surface area contributed by atoms with Crippen molar-refractivity contribution in [2.45, 2.75) is 31.9 Å². The van der Waals surface area contributed by atoms with Crippen LogP contribution in [-0.2, 0) is 15.6 Å². The van der Waals surface area contributed by atoms with Crippen LogP contribution in [0, 0.1) is 0 Å². The van der Waals surface area contributed by atoms with Gasteiger partial charge in [-0.1, -0.05) is 25.5 Å². The Balaban J connectivity index is 2.60. The van der Waals surface area contributed by atoms with E-state index < -0.39 is 16.0 Å². The number of unbranched alkanes of at least 4 members (excludes halogenated alkanes) is 1. The van der Waals surface area contributed by atoms with E-state index in [1.54, 1.807) is 31.2 Å². The number of nitrogens with one attached hydrogen (secondary N) is 1. The lowest BCUT2D eigenvalue weighted by atomic mass is 10.2. The van der Waals surface area contributed by atoms with Gasteiger partial charge in [0.25, 0.3) is 0 Å². The van der Waals surface area contributed by atoms with E-state index in [0.717, 1.165) is 12.8 Å². The third-order valence-corrected chi connectivity index (χ3v) is 4.38. The summed E-state index contributed by atoms with van der Waals surface area (Å²) >= 11 is 0. The molecule has 18 heavy (non-hydrogen) atoms. The van der Waals surface area contributed by atoms with E-state index in [-0.39, 0.29) is 5.91 Å². The molecule has 0 aliphatic rings. The number of nitrogens with two attached hydrogens (primary N) is 1. The molecular weight excluding hydrogens is 248 g/mol. The Labute approximate surface area is 110 Å². The van der Waals surface area contributed by atoms with Gasteiger partial charge in [0.1, 0.15) is 5.25 Å². The second kappa shape index (κ2) is 7.16. The van der Waals surface area contributed by atoms with Crippen molar-refractivity contribution in [2.75, 3.05) is 16.8 Å². The van der Waals surface area contributed by atoms with E-state index in [1.165, 1.54) is 0 Å². The molecule has 0 saturated heterocycles. The van der Waals surface area contributed by atoms with Crippen LogP contribution in [0.5, 0.6) is 0 Å².